The number of hydrogen-bond donors (Lipinski definition) is 0. The maximum absolute atomic E-state index is 6.27. The van der Waals surface area contributed by atoms with Crippen LogP contribution in [-0.4, -0.2) is 19.6 Å². The van der Waals surface area contributed by atoms with Crippen molar-refractivity contribution in [3.63, 3.8) is 0 Å². The first-order valence-electron chi connectivity index (χ1n) is 10.3. The largest absolute Gasteiger partial charge is 0.497 e. The van der Waals surface area contributed by atoms with E-state index in [2.05, 4.69) is 17.3 Å². The smallest absolute Gasteiger partial charge is 0.231 e. The number of oxime groups is 1. The lowest BCUT2D eigenvalue weighted by Crippen LogP contribution is -2.07. The monoisotopic (exact) mass is 469 g/mol. The van der Waals surface area contributed by atoms with E-state index < -0.39 is 0 Å². The second-order valence-electron chi connectivity index (χ2n) is 7.78. The van der Waals surface area contributed by atoms with Crippen molar-refractivity contribution in [2.24, 2.45) is 11.1 Å². The molecule has 2 atom stereocenters. The Morgan fingerprint density at radius 2 is 1.81 bits per heavy atom. The van der Waals surface area contributed by atoms with Gasteiger partial charge in [0.15, 0.2) is 11.5 Å². The Balaban J connectivity index is 1.38. The fourth-order valence-electron chi connectivity index (χ4n) is 3.92. The maximum Gasteiger partial charge on any atom is 0.231 e. The molecule has 0 bridgehead atoms. The van der Waals surface area contributed by atoms with Gasteiger partial charge in [0.05, 0.1) is 12.8 Å². The lowest BCUT2D eigenvalue weighted by atomic mass is 10.0. The molecule has 164 valence electrons. The molecule has 1 saturated carbocycles. The molecule has 32 heavy (non-hydrogen) atoms. The average molecular weight is 470 g/mol. The van der Waals surface area contributed by atoms with Crippen LogP contribution in [0.3, 0.4) is 0 Å². The fourth-order valence-corrected chi connectivity index (χ4v) is 4.38. The Morgan fingerprint density at radius 3 is 2.59 bits per heavy atom. The molecule has 0 radical (unpaired) electrons. The highest BCUT2D eigenvalue weighted by Gasteiger charge is 2.43. The van der Waals surface area contributed by atoms with E-state index in [1.54, 1.807) is 19.2 Å². The van der Waals surface area contributed by atoms with E-state index in [1.807, 2.05) is 36.4 Å². The van der Waals surface area contributed by atoms with Crippen LogP contribution in [0, 0.1) is 5.92 Å². The number of benzene rings is 3. The highest BCUT2D eigenvalue weighted by Crippen LogP contribution is 2.51. The second-order valence-corrected chi connectivity index (χ2v) is 8.62. The predicted molar refractivity (Wildman–Crippen MR) is 124 cm³/mol. The van der Waals surface area contributed by atoms with Gasteiger partial charge in [-0.05, 0) is 72.0 Å². The highest BCUT2D eigenvalue weighted by atomic mass is 35.5. The number of hydrogen-bond acceptors (Lipinski definition) is 5. The normalized spacial score (nSPS) is 19.0. The molecule has 2 unspecified atom stereocenters. The van der Waals surface area contributed by atoms with Crippen molar-refractivity contribution in [1.29, 1.82) is 0 Å². The Hall–Kier alpha value is -2.89. The zero-order valence-electron chi connectivity index (χ0n) is 17.4. The maximum atomic E-state index is 6.27. The van der Waals surface area contributed by atoms with Crippen LogP contribution in [0.25, 0.3) is 0 Å². The van der Waals surface area contributed by atoms with Crippen LogP contribution in [0.2, 0.25) is 10.0 Å². The number of nitrogens with zero attached hydrogens (tertiary/aromatic N) is 1. The molecule has 3 aromatic carbocycles. The van der Waals surface area contributed by atoms with Gasteiger partial charge in [0.25, 0.3) is 0 Å². The summed E-state index contributed by atoms with van der Waals surface area (Å²) in [7, 11) is 1.65. The van der Waals surface area contributed by atoms with Gasteiger partial charge in [0.1, 0.15) is 12.4 Å². The predicted octanol–water partition coefficient (Wildman–Crippen LogP) is 6.46. The van der Waals surface area contributed by atoms with Gasteiger partial charge < -0.3 is 19.0 Å². The van der Waals surface area contributed by atoms with E-state index in [9.17, 15) is 0 Å². The van der Waals surface area contributed by atoms with Crippen molar-refractivity contribution in [2.75, 3.05) is 13.9 Å². The number of rotatable bonds is 7. The molecule has 0 N–H and O–H groups in total. The first-order chi connectivity index (χ1) is 15.6. The van der Waals surface area contributed by atoms with Crippen molar-refractivity contribution in [3.8, 4) is 17.2 Å². The van der Waals surface area contributed by atoms with E-state index in [1.165, 1.54) is 5.56 Å². The van der Waals surface area contributed by atoms with Crippen LogP contribution < -0.4 is 14.2 Å². The summed E-state index contributed by atoms with van der Waals surface area (Å²) in [6.07, 6.45) is 0.982. The minimum absolute atomic E-state index is 0.240. The van der Waals surface area contributed by atoms with Gasteiger partial charge in [-0.1, -0.05) is 40.5 Å². The Morgan fingerprint density at radius 1 is 1.00 bits per heavy atom. The third-order valence-corrected chi connectivity index (χ3v) is 6.34. The number of ether oxygens (including phenoxy) is 3. The summed E-state index contributed by atoms with van der Waals surface area (Å²) >= 11 is 12.3. The van der Waals surface area contributed by atoms with Gasteiger partial charge in [-0.15, -0.1) is 0 Å². The lowest BCUT2D eigenvalue weighted by Gasteiger charge is -2.10. The van der Waals surface area contributed by atoms with E-state index >= 15 is 0 Å². The minimum Gasteiger partial charge on any atom is -0.497 e. The first kappa shape index (κ1) is 21.0. The van der Waals surface area contributed by atoms with E-state index in [4.69, 9.17) is 42.3 Å². The third-order valence-electron chi connectivity index (χ3n) is 5.75. The third kappa shape index (κ3) is 4.36. The topological polar surface area (TPSA) is 49.3 Å². The SMILES string of the molecule is COc1ccc(C(=NOCc2ccc(Cl)cc2Cl)C2CC2c2ccc3c(c2)OCO3)cc1. The van der Waals surface area contributed by atoms with Crippen LogP contribution in [0.4, 0.5) is 0 Å². The molecule has 1 fully saturated rings. The Kier molecular flexibility index (Phi) is 5.85. The fraction of sp³-hybridized carbons (Fsp3) is 0.240. The average Bonchev–Trinajstić information content (AvgIpc) is 3.45. The Bertz CT molecular complexity index is 1160. The van der Waals surface area contributed by atoms with Crippen molar-refractivity contribution in [3.05, 3.63) is 87.4 Å². The summed E-state index contributed by atoms with van der Waals surface area (Å²) in [5.41, 5.74) is 3.94. The molecule has 5 nitrogen and oxygen atoms in total. The van der Waals surface area contributed by atoms with E-state index in [-0.39, 0.29) is 19.3 Å². The Labute approximate surface area is 196 Å². The molecule has 3 aromatic rings. The zero-order valence-corrected chi connectivity index (χ0v) is 18.9. The number of fused-ring (bicyclic) bond motifs is 1. The summed E-state index contributed by atoms with van der Waals surface area (Å²) in [4.78, 5) is 5.76. The van der Waals surface area contributed by atoms with Gasteiger partial charge in [-0.2, -0.15) is 0 Å². The second kappa shape index (κ2) is 8.93. The molecule has 1 heterocycles. The van der Waals surface area contributed by atoms with Crippen LogP contribution in [0.1, 0.15) is 29.0 Å². The molecular formula is C25H21Cl2NO4. The number of halogens is 2. The summed E-state index contributed by atoms with van der Waals surface area (Å²) in [5, 5.41) is 5.69. The van der Waals surface area contributed by atoms with E-state index in [0.29, 0.717) is 16.0 Å². The van der Waals surface area contributed by atoms with Crippen LogP contribution in [0.5, 0.6) is 17.2 Å². The molecule has 1 aliphatic heterocycles. The molecule has 5 rings (SSSR count). The molecular weight excluding hydrogens is 449 g/mol. The molecule has 0 saturated heterocycles. The zero-order chi connectivity index (χ0) is 22.1. The van der Waals surface area contributed by atoms with Crippen molar-refractivity contribution >= 4 is 28.9 Å². The highest BCUT2D eigenvalue weighted by molar-refractivity contribution is 6.35. The summed E-state index contributed by atoms with van der Waals surface area (Å²) in [6.45, 7) is 0.531. The van der Waals surface area contributed by atoms with Crippen LogP contribution >= 0.6 is 23.2 Å². The van der Waals surface area contributed by atoms with Gasteiger partial charge in [0.2, 0.25) is 6.79 Å². The lowest BCUT2D eigenvalue weighted by molar-refractivity contribution is 0.130. The molecule has 0 spiro atoms. The van der Waals surface area contributed by atoms with Gasteiger partial charge in [-0.25, -0.2) is 0 Å². The van der Waals surface area contributed by atoms with E-state index in [0.717, 1.165) is 40.5 Å². The van der Waals surface area contributed by atoms with Crippen molar-refractivity contribution < 1.29 is 19.0 Å². The van der Waals surface area contributed by atoms with Crippen molar-refractivity contribution in [1.82, 2.24) is 0 Å². The van der Waals surface area contributed by atoms with Gasteiger partial charge in [-0.3, -0.25) is 0 Å². The summed E-state index contributed by atoms with van der Waals surface area (Å²) in [6, 6.07) is 19.3. The molecule has 0 amide bonds. The minimum atomic E-state index is 0.240. The quantitative estimate of drug-likeness (QED) is 0.294. The van der Waals surface area contributed by atoms with Crippen molar-refractivity contribution in [2.45, 2.75) is 18.9 Å². The molecule has 2 aliphatic rings. The molecule has 0 aromatic heterocycles. The van der Waals surface area contributed by atoms with Gasteiger partial charge >= 0.3 is 0 Å². The van der Waals surface area contributed by atoms with Gasteiger partial charge in [0, 0.05) is 21.5 Å². The molecule has 7 heteroatoms. The summed E-state index contributed by atoms with van der Waals surface area (Å²) in [5.74, 6) is 2.96. The van der Waals surface area contributed by atoms with Crippen LogP contribution in [0.15, 0.2) is 65.8 Å². The first-order valence-corrected chi connectivity index (χ1v) is 11.1. The molecule has 1 aliphatic carbocycles. The number of methoxy groups -OCH3 is 1. The standard InChI is InChI=1S/C25H21Cl2NO4/c1-29-19-7-3-15(4-8-19)25(28-32-13-17-2-6-18(26)11-22(17)27)21-12-20(21)16-5-9-23-24(10-16)31-14-30-23/h2-11,20-21H,12-14H2,1H3. The summed E-state index contributed by atoms with van der Waals surface area (Å²) < 4.78 is 16.3. The van der Waals surface area contributed by atoms with Crippen LogP contribution in [-0.2, 0) is 11.4 Å².